The summed E-state index contributed by atoms with van der Waals surface area (Å²) in [5.41, 5.74) is 8.89. The second kappa shape index (κ2) is 13.7. The summed E-state index contributed by atoms with van der Waals surface area (Å²) in [4.78, 5) is 16.7. The summed E-state index contributed by atoms with van der Waals surface area (Å²) >= 11 is 3.55. The van der Waals surface area contributed by atoms with Crippen molar-refractivity contribution in [2.45, 2.75) is 6.92 Å². The molecular weight excluding hydrogens is 707 g/mol. The summed E-state index contributed by atoms with van der Waals surface area (Å²) in [6.07, 6.45) is 6.21. The summed E-state index contributed by atoms with van der Waals surface area (Å²) in [5, 5.41) is 7.34. The molecule has 4 aromatic heterocycles. The molecule has 0 saturated carbocycles. The first-order valence-electron chi connectivity index (χ1n) is 18.3. The van der Waals surface area contributed by atoms with Crippen LogP contribution in [0.1, 0.15) is 18.2 Å². The first-order chi connectivity index (χ1) is 27.1. The second-order valence-corrected chi connectivity index (χ2v) is 15.8. The molecular formula is C50H33N3S2. The average molecular weight is 740 g/mol. The van der Waals surface area contributed by atoms with Crippen molar-refractivity contribution in [2.24, 2.45) is 0 Å². The van der Waals surface area contributed by atoms with Gasteiger partial charge in [0.05, 0.1) is 17.1 Å². The minimum atomic E-state index is 0.653. The smallest absolute Gasteiger partial charge is 0.160 e. The van der Waals surface area contributed by atoms with Gasteiger partial charge in [0.25, 0.3) is 0 Å². The molecule has 0 N–H and O–H groups in total. The summed E-state index contributed by atoms with van der Waals surface area (Å²) < 4.78 is 3.73. The maximum atomic E-state index is 5.28. The second-order valence-electron chi connectivity index (χ2n) is 13.7. The Labute approximate surface area is 326 Å². The molecule has 0 amide bonds. The highest BCUT2D eigenvalue weighted by Gasteiger charge is 2.17. The van der Waals surface area contributed by atoms with Gasteiger partial charge in [-0.05, 0) is 47.2 Å². The molecule has 0 fully saturated rings. The Bertz CT molecular complexity index is 3170. The van der Waals surface area contributed by atoms with E-state index in [0.717, 1.165) is 49.6 Å². The lowest BCUT2D eigenvalue weighted by atomic mass is 9.99. The van der Waals surface area contributed by atoms with Crippen LogP contribution in [0.3, 0.4) is 0 Å². The topological polar surface area (TPSA) is 38.7 Å². The van der Waals surface area contributed by atoms with E-state index >= 15 is 0 Å². The number of rotatable bonds is 7. The molecule has 0 aliphatic rings. The van der Waals surface area contributed by atoms with E-state index in [9.17, 15) is 0 Å². The Morgan fingerprint density at radius 2 is 1.24 bits per heavy atom. The van der Waals surface area contributed by atoms with Crippen molar-refractivity contribution >= 4 is 85.1 Å². The number of allylic oxidation sites excluding steroid dienone is 5. The van der Waals surface area contributed by atoms with Gasteiger partial charge >= 0.3 is 0 Å². The summed E-state index contributed by atoms with van der Waals surface area (Å²) in [7, 11) is 0. The largest absolute Gasteiger partial charge is 0.236 e. The van der Waals surface area contributed by atoms with Crippen LogP contribution in [0.5, 0.6) is 0 Å². The van der Waals surface area contributed by atoms with Gasteiger partial charge < -0.3 is 0 Å². The Balaban J connectivity index is 1.08. The van der Waals surface area contributed by atoms with E-state index in [1.165, 1.54) is 52.2 Å². The van der Waals surface area contributed by atoms with Crippen molar-refractivity contribution in [1.82, 2.24) is 15.0 Å². The van der Waals surface area contributed by atoms with E-state index in [-0.39, 0.29) is 0 Å². The molecule has 0 spiro atoms. The highest BCUT2D eigenvalue weighted by atomic mass is 32.1. The van der Waals surface area contributed by atoms with E-state index in [1.54, 1.807) is 22.7 Å². The molecule has 0 atom stereocenters. The average Bonchev–Trinajstić information content (AvgIpc) is 3.82. The van der Waals surface area contributed by atoms with E-state index in [0.29, 0.717) is 5.82 Å². The van der Waals surface area contributed by atoms with Gasteiger partial charge in [-0.1, -0.05) is 158 Å². The van der Waals surface area contributed by atoms with E-state index in [4.69, 9.17) is 15.0 Å². The van der Waals surface area contributed by atoms with Gasteiger partial charge in [0, 0.05) is 57.7 Å². The van der Waals surface area contributed by atoms with Crippen LogP contribution in [-0.2, 0) is 0 Å². The SMILES string of the molecule is C=C(/C=C\C=C(/C)c1ccccc1)c1cc(-c2cccc3c2sc2ccccc23)nc(-c2ccc(-c3nc4sc5ccccc5c4c4ccccc34)cc2)n1. The fourth-order valence-corrected chi connectivity index (χ4v) is 9.78. The lowest BCUT2D eigenvalue weighted by Crippen LogP contribution is -1.97. The molecule has 0 saturated heterocycles. The van der Waals surface area contributed by atoms with Gasteiger partial charge in [-0.25, -0.2) is 15.0 Å². The Morgan fingerprint density at radius 1 is 0.582 bits per heavy atom. The van der Waals surface area contributed by atoms with Crippen molar-refractivity contribution in [3.8, 4) is 33.9 Å². The maximum absolute atomic E-state index is 5.28. The predicted octanol–water partition coefficient (Wildman–Crippen LogP) is 14.4. The van der Waals surface area contributed by atoms with E-state index < -0.39 is 0 Å². The number of hydrogen-bond donors (Lipinski definition) is 0. The highest BCUT2D eigenvalue weighted by molar-refractivity contribution is 7.26. The first kappa shape index (κ1) is 33.1. The standard InChI is InChI=1S/C50H33N3S2/c1-31(33-16-4-3-5-17-33)14-12-15-32(2)42-30-43(40-23-13-22-39-36-18-8-10-24-44(36)54-48(39)40)52-49(51-42)35-28-26-34(27-29-35)47-38-20-7-6-19-37(38)46-41-21-9-11-25-45(41)55-50(46)53-47/h3-30H,2H2,1H3/b15-12-,31-14+. The van der Waals surface area contributed by atoms with Crippen molar-refractivity contribution < 1.29 is 0 Å². The Morgan fingerprint density at radius 3 is 2.04 bits per heavy atom. The molecule has 10 aromatic rings. The lowest BCUT2D eigenvalue weighted by molar-refractivity contribution is 1.16. The van der Waals surface area contributed by atoms with Crippen LogP contribution in [0.2, 0.25) is 0 Å². The molecule has 55 heavy (non-hydrogen) atoms. The van der Waals surface area contributed by atoms with Crippen LogP contribution in [0.4, 0.5) is 0 Å². The molecule has 4 heterocycles. The van der Waals surface area contributed by atoms with E-state index in [1.807, 2.05) is 12.1 Å². The van der Waals surface area contributed by atoms with Crippen LogP contribution in [0.25, 0.3) is 96.3 Å². The molecule has 0 bridgehead atoms. The number of aromatic nitrogens is 3. The molecule has 5 heteroatoms. The third-order valence-corrected chi connectivity index (χ3v) is 12.6. The lowest BCUT2D eigenvalue weighted by Gasteiger charge is -2.11. The number of nitrogens with zero attached hydrogens (tertiary/aromatic N) is 3. The van der Waals surface area contributed by atoms with Gasteiger partial charge in [0.1, 0.15) is 4.83 Å². The van der Waals surface area contributed by atoms with Crippen LogP contribution in [0.15, 0.2) is 176 Å². The number of pyridine rings is 1. The van der Waals surface area contributed by atoms with Crippen molar-refractivity contribution in [3.05, 3.63) is 188 Å². The molecule has 0 unspecified atom stereocenters. The zero-order valence-electron chi connectivity index (χ0n) is 30.0. The minimum absolute atomic E-state index is 0.653. The minimum Gasteiger partial charge on any atom is -0.236 e. The molecule has 10 rings (SSSR count). The van der Waals surface area contributed by atoms with Gasteiger partial charge in [0.2, 0.25) is 0 Å². The molecule has 6 aromatic carbocycles. The van der Waals surface area contributed by atoms with Crippen molar-refractivity contribution in [3.63, 3.8) is 0 Å². The number of benzene rings is 6. The number of hydrogen-bond acceptors (Lipinski definition) is 5. The fourth-order valence-electron chi connectivity index (χ4n) is 7.46. The van der Waals surface area contributed by atoms with Gasteiger partial charge in [0.15, 0.2) is 5.82 Å². The molecule has 3 nitrogen and oxygen atoms in total. The monoisotopic (exact) mass is 739 g/mol. The normalized spacial score (nSPS) is 12.2. The first-order valence-corrected chi connectivity index (χ1v) is 19.9. The number of thiophene rings is 2. The van der Waals surface area contributed by atoms with Crippen LogP contribution in [-0.4, -0.2) is 15.0 Å². The highest BCUT2D eigenvalue weighted by Crippen LogP contribution is 2.42. The molecule has 0 aliphatic carbocycles. The molecule has 0 aliphatic heterocycles. The quantitative estimate of drug-likeness (QED) is 0.153. The zero-order valence-corrected chi connectivity index (χ0v) is 31.7. The van der Waals surface area contributed by atoms with E-state index in [2.05, 4.69) is 171 Å². The van der Waals surface area contributed by atoms with Crippen LogP contribution in [0, 0.1) is 0 Å². The summed E-state index contributed by atoms with van der Waals surface area (Å²) in [5.74, 6) is 0.653. The van der Waals surface area contributed by atoms with Gasteiger partial charge in [-0.15, -0.1) is 22.7 Å². The van der Waals surface area contributed by atoms with Gasteiger partial charge in [-0.3, -0.25) is 0 Å². The Hall–Kier alpha value is -6.53. The van der Waals surface area contributed by atoms with Crippen LogP contribution >= 0.6 is 22.7 Å². The third kappa shape index (κ3) is 5.95. The van der Waals surface area contributed by atoms with Gasteiger partial charge in [-0.2, -0.15) is 0 Å². The van der Waals surface area contributed by atoms with Crippen LogP contribution < -0.4 is 0 Å². The third-order valence-electron chi connectivity index (χ3n) is 10.3. The maximum Gasteiger partial charge on any atom is 0.160 e. The van der Waals surface area contributed by atoms with Crippen molar-refractivity contribution in [2.75, 3.05) is 0 Å². The fraction of sp³-hybridized carbons (Fsp3) is 0.0200. The molecule has 0 radical (unpaired) electrons. The summed E-state index contributed by atoms with van der Waals surface area (Å²) in [6.45, 7) is 6.60. The number of fused-ring (bicyclic) bond motifs is 8. The molecule has 260 valence electrons. The summed E-state index contributed by atoms with van der Waals surface area (Å²) in [6, 6.07) is 53.3. The Kier molecular flexibility index (Phi) is 8.24. The van der Waals surface area contributed by atoms with Crippen molar-refractivity contribution in [1.29, 1.82) is 0 Å². The predicted molar refractivity (Wildman–Crippen MR) is 238 cm³/mol. The zero-order chi connectivity index (χ0) is 36.9.